The average Bonchev–Trinajstić information content (AvgIpc) is 3.52. The Morgan fingerprint density at radius 1 is 0.805 bits per heavy atom. The van der Waals surface area contributed by atoms with Crippen LogP contribution in [0.2, 0.25) is 0 Å². The predicted octanol–water partition coefficient (Wildman–Crippen LogP) is 8.20. The molecule has 208 valence electrons. The molecular weight excluding hydrogens is 538 g/mol. The average molecular weight is 568 g/mol. The summed E-state index contributed by atoms with van der Waals surface area (Å²) < 4.78 is 24.2. The van der Waals surface area contributed by atoms with Gasteiger partial charge in [0.15, 0.2) is 0 Å². The van der Waals surface area contributed by atoms with Crippen LogP contribution in [0.1, 0.15) is 36.1 Å². The molecule has 0 spiro atoms. The minimum Gasteiger partial charge on any atom is -0.493 e. The van der Waals surface area contributed by atoms with E-state index in [1.54, 1.807) is 0 Å². The van der Waals surface area contributed by atoms with Gasteiger partial charge in [-0.3, -0.25) is 14.9 Å². The number of carbonyl (C=O) groups excluding carboxylic acids is 2. The second-order valence-corrected chi connectivity index (χ2v) is 10.9. The van der Waals surface area contributed by atoms with Crippen LogP contribution in [0.5, 0.6) is 23.0 Å². The number of benzene rings is 4. The number of nitrogens with one attached hydrogen (secondary N) is 1. The van der Waals surface area contributed by atoms with E-state index in [9.17, 15) is 9.59 Å². The van der Waals surface area contributed by atoms with E-state index >= 15 is 0 Å². The molecule has 1 saturated heterocycles. The smallest absolute Gasteiger partial charge is 0.286 e. The van der Waals surface area contributed by atoms with E-state index in [4.69, 9.17) is 18.6 Å². The summed E-state index contributed by atoms with van der Waals surface area (Å²) in [5, 5.41) is 3.55. The highest BCUT2D eigenvalue weighted by molar-refractivity contribution is 8.15. The lowest BCUT2D eigenvalue weighted by Gasteiger charge is -2.14. The lowest BCUT2D eigenvalue weighted by molar-refractivity contribution is -0.119. The predicted molar refractivity (Wildman–Crippen MR) is 160 cm³/mol. The van der Waals surface area contributed by atoms with Crippen LogP contribution in [-0.2, 0) is 11.2 Å². The third-order valence-corrected chi connectivity index (χ3v) is 7.84. The molecule has 1 atom stereocenters. The fourth-order valence-electron chi connectivity index (χ4n) is 4.90. The fourth-order valence-corrected chi connectivity index (χ4v) is 5.73. The van der Waals surface area contributed by atoms with E-state index in [0.717, 1.165) is 74.9 Å². The molecule has 0 aliphatic carbocycles. The van der Waals surface area contributed by atoms with Gasteiger partial charge < -0.3 is 18.6 Å². The summed E-state index contributed by atoms with van der Waals surface area (Å²) >= 11 is 0.985. The maximum absolute atomic E-state index is 12.0. The molecule has 1 aromatic heterocycles. The Kier molecular flexibility index (Phi) is 7.82. The number of rotatable bonds is 11. The lowest BCUT2D eigenvalue weighted by Crippen LogP contribution is -2.20. The Bertz CT molecular complexity index is 1730. The Morgan fingerprint density at radius 3 is 2.46 bits per heavy atom. The van der Waals surface area contributed by atoms with E-state index in [0.29, 0.717) is 25.4 Å². The highest BCUT2D eigenvalue weighted by Gasteiger charge is 2.33. The van der Waals surface area contributed by atoms with E-state index in [2.05, 4.69) is 18.3 Å². The second kappa shape index (κ2) is 12.0. The third kappa shape index (κ3) is 6.02. The van der Waals surface area contributed by atoms with E-state index in [1.165, 1.54) is 0 Å². The number of aryl methyl sites for hydroxylation is 1. The van der Waals surface area contributed by atoms with E-state index in [1.807, 2.05) is 78.9 Å². The first kappa shape index (κ1) is 26.8. The molecule has 5 aromatic rings. The normalized spacial score (nSPS) is 14.9. The number of thioether (sulfide) groups is 1. The Hall–Kier alpha value is -4.43. The van der Waals surface area contributed by atoms with Gasteiger partial charge >= 0.3 is 0 Å². The molecule has 4 aromatic carbocycles. The summed E-state index contributed by atoms with van der Waals surface area (Å²) in [7, 11) is 0. The largest absolute Gasteiger partial charge is 0.493 e. The zero-order valence-electron chi connectivity index (χ0n) is 22.6. The number of amides is 2. The SMILES string of the molecule is CCCc1cc(Oc2ccc3oc4ccccc4c3c2)ccc1OCCCOc1cccc(C2SC(=O)NC2=O)c1. The molecule has 2 heterocycles. The zero-order chi connectivity index (χ0) is 28.2. The Balaban J connectivity index is 1.05. The van der Waals surface area contributed by atoms with Gasteiger partial charge in [0, 0.05) is 17.2 Å². The third-order valence-electron chi connectivity index (χ3n) is 6.80. The van der Waals surface area contributed by atoms with Crippen molar-refractivity contribution in [3.8, 4) is 23.0 Å². The first-order valence-corrected chi connectivity index (χ1v) is 14.5. The minimum absolute atomic E-state index is 0.294. The van der Waals surface area contributed by atoms with Crippen molar-refractivity contribution in [2.45, 2.75) is 31.4 Å². The van der Waals surface area contributed by atoms with Gasteiger partial charge in [-0.2, -0.15) is 0 Å². The van der Waals surface area contributed by atoms with Gasteiger partial charge in [0.1, 0.15) is 39.4 Å². The van der Waals surface area contributed by atoms with Crippen molar-refractivity contribution in [1.82, 2.24) is 5.32 Å². The van der Waals surface area contributed by atoms with Crippen molar-refractivity contribution in [3.05, 3.63) is 96.1 Å². The Morgan fingerprint density at radius 2 is 1.61 bits per heavy atom. The van der Waals surface area contributed by atoms with Crippen LogP contribution in [0.15, 0.2) is 89.3 Å². The topological polar surface area (TPSA) is 87.0 Å². The molecule has 1 fully saturated rings. The minimum atomic E-state index is -0.535. The number of hydrogen-bond donors (Lipinski definition) is 1. The highest BCUT2D eigenvalue weighted by Crippen LogP contribution is 2.36. The number of para-hydroxylation sites is 1. The quantitative estimate of drug-likeness (QED) is 0.161. The van der Waals surface area contributed by atoms with Gasteiger partial charge in [0.2, 0.25) is 5.91 Å². The van der Waals surface area contributed by atoms with Crippen molar-refractivity contribution < 1.29 is 28.2 Å². The second-order valence-electron chi connectivity index (χ2n) is 9.78. The maximum Gasteiger partial charge on any atom is 0.286 e. The molecule has 1 aliphatic rings. The van der Waals surface area contributed by atoms with Crippen LogP contribution in [0, 0.1) is 0 Å². The maximum atomic E-state index is 12.0. The molecule has 8 heteroatoms. The van der Waals surface area contributed by atoms with Gasteiger partial charge in [0.05, 0.1) is 13.2 Å². The number of carbonyl (C=O) groups is 2. The van der Waals surface area contributed by atoms with Crippen molar-refractivity contribution in [2.75, 3.05) is 13.2 Å². The van der Waals surface area contributed by atoms with Gasteiger partial charge in [-0.15, -0.1) is 0 Å². The first-order valence-electron chi connectivity index (χ1n) is 13.7. The van der Waals surface area contributed by atoms with Crippen LogP contribution >= 0.6 is 11.8 Å². The molecule has 1 unspecified atom stereocenters. The van der Waals surface area contributed by atoms with Gasteiger partial charge in [-0.05, 0) is 83.9 Å². The van der Waals surface area contributed by atoms with Crippen LogP contribution in [-0.4, -0.2) is 24.4 Å². The van der Waals surface area contributed by atoms with Crippen molar-refractivity contribution >= 4 is 44.8 Å². The number of furan rings is 1. The molecular formula is C33H29NO6S. The standard InChI is InChI=1S/C33H29NO6S/c1-2-7-21-18-24(39-25-13-15-30-27(20-25)26-10-3-4-11-29(26)40-30)12-14-28(21)38-17-6-16-37-23-9-5-8-22(19-23)31-32(35)34-33(36)41-31/h3-5,8-15,18-20,31H,2,6-7,16-17H2,1H3,(H,34,35,36). The van der Waals surface area contributed by atoms with Crippen LogP contribution in [0.4, 0.5) is 4.79 Å². The van der Waals surface area contributed by atoms with Gasteiger partial charge in [-0.1, -0.05) is 43.7 Å². The van der Waals surface area contributed by atoms with Gasteiger partial charge in [0.25, 0.3) is 5.24 Å². The molecule has 1 N–H and O–H groups in total. The molecule has 6 rings (SSSR count). The fraction of sp³-hybridized carbons (Fsp3) is 0.212. The number of imide groups is 1. The van der Waals surface area contributed by atoms with Gasteiger partial charge in [-0.25, -0.2) is 0 Å². The summed E-state index contributed by atoms with van der Waals surface area (Å²) in [6.07, 6.45) is 2.54. The van der Waals surface area contributed by atoms with Crippen molar-refractivity contribution in [2.24, 2.45) is 0 Å². The number of hydrogen-bond acceptors (Lipinski definition) is 7. The lowest BCUT2D eigenvalue weighted by atomic mass is 10.1. The van der Waals surface area contributed by atoms with Crippen molar-refractivity contribution in [1.29, 1.82) is 0 Å². The van der Waals surface area contributed by atoms with E-state index < -0.39 is 5.25 Å². The molecule has 1 aliphatic heterocycles. The molecule has 0 saturated carbocycles. The molecule has 2 amide bonds. The molecule has 7 nitrogen and oxygen atoms in total. The Labute approximate surface area is 241 Å². The summed E-state index contributed by atoms with van der Waals surface area (Å²) in [6, 6.07) is 27.1. The van der Waals surface area contributed by atoms with E-state index in [-0.39, 0.29) is 11.1 Å². The molecule has 0 radical (unpaired) electrons. The molecule has 0 bridgehead atoms. The monoisotopic (exact) mass is 567 g/mol. The molecule has 41 heavy (non-hydrogen) atoms. The first-order chi connectivity index (χ1) is 20.1. The van der Waals surface area contributed by atoms with Crippen molar-refractivity contribution in [3.63, 3.8) is 0 Å². The van der Waals surface area contributed by atoms with Crippen LogP contribution in [0.3, 0.4) is 0 Å². The summed E-state index contributed by atoms with van der Waals surface area (Å²) in [5.74, 6) is 2.71. The highest BCUT2D eigenvalue weighted by atomic mass is 32.2. The summed E-state index contributed by atoms with van der Waals surface area (Å²) in [6.45, 7) is 3.10. The van der Waals surface area contributed by atoms with Crippen LogP contribution < -0.4 is 19.5 Å². The zero-order valence-corrected chi connectivity index (χ0v) is 23.4. The summed E-state index contributed by atoms with van der Waals surface area (Å²) in [5.41, 5.74) is 3.54. The van der Waals surface area contributed by atoms with Crippen LogP contribution in [0.25, 0.3) is 21.9 Å². The summed E-state index contributed by atoms with van der Waals surface area (Å²) in [4.78, 5) is 23.5. The number of fused-ring (bicyclic) bond motifs is 3. The number of ether oxygens (including phenoxy) is 3.